The molecular weight excluding hydrogens is 540 g/mol. The van der Waals surface area contributed by atoms with Gasteiger partial charge in [-0.3, -0.25) is 4.90 Å². The van der Waals surface area contributed by atoms with Crippen LogP contribution in [-0.2, 0) is 12.8 Å². The maximum Gasteiger partial charge on any atom is 0.160 e. The highest BCUT2D eigenvalue weighted by Crippen LogP contribution is 2.46. The molecule has 6 rings (SSSR count). The lowest BCUT2D eigenvalue weighted by Gasteiger charge is -2.33. The zero-order valence-corrected chi connectivity index (χ0v) is 24.3. The minimum absolute atomic E-state index is 0. The van der Waals surface area contributed by atoms with Gasteiger partial charge in [0.1, 0.15) is 5.75 Å². The molecule has 0 unspecified atom stereocenters. The standard InChI is InChI=1S/C15H21NO2.C14H19NO.BrH.ClH/c1-2-8-16-9-7-11-10-4-6-14(17)15(18)12(10)3-5-13(11)16;1-9-3-4-10-11-7-8-15-13(11)6-5-12(10)14(9)16-2;;/h4,6,11,13,17-18H,2-3,5,7-9H2,1H3;3-4,11,13,15H,5-8H2,1-2H3;2*1H/t2*11-,13-;;/m11../s1. The van der Waals surface area contributed by atoms with E-state index in [2.05, 4.69) is 36.2 Å². The molecule has 0 amide bonds. The largest absolute Gasteiger partial charge is 0.504 e. The van der Waals surface area contributed by atoms with Crippen LogP contribution in [0.25, 0.3) is 0 Å². The van der Waals surface area contributed by atoms with Crippen LogP contribution in [0.2, 0.25) is 0 Å². The summed E-state index contributed by atoms with van der Waals surface area (Å²) in [5, 5.41) is 23.2. The number of ether oxygens (including phenoxy) is 1. The summed E-state index contributed by atoms with van der Waals surface area (Å²) in [5.74, 6) is 2.53. The molecule has 2 aromatic carbocycles. The lowest BCUT2D eigenvalue weighted by Crippen LogP contribution is -2.35. The number of methoxy groups -OCH3 is 1. The molecule has 2 heterocycles. The van der Waals surface area contributed by atoms with E-state index in [0.717, 1.165) is 36.5 Å². The quantitative estimate of drug-likeness (QED) is 0.388. The SMILES string of the molecule is Br.CCCN1CC[C@@H]2c3ccc(O)c(O)c3CC[C@H]21.COc1c(C)ccc2c1CC[C@H]1NCC[C@H]21.Cl. The second kappa shape index (κ2) is 12.4. The van der Waals surface area contributed by atoms with Crippen molar-refractivity contribution >= 4 is 29.4 Å². The summed E-state index contributed by atoms with van der Waals surface area (Å²) in [6, 6.07) is 9.52. The maximum absolute atomic E-state index is 9.97. The Bertz CT molecular complexity index is 1050. The Kier molecular flexibility index (Phi) is 10.0. The third-order valence-corrected chi connectivity index (χ3v) is 8.71. The molecule has 0 aromatic heterocycles. The fourth-order valence-electron chi connectivity index (χ4n) is 7.16. The lowest BCUT2D eigenvalue weighted by atomic mass is 9.79. The molecule has 4 aliphatic rings. The van der Waals surface area contributed by atoms with E-state index in [1.165, 1.54) is 67.6 Å². The number of rotatable bonds is 3. The van der Waals surface area contributed by atoms with Crippen molar-refractivity contribution in [2.45, 2.75) is 82.7 Å². The van der Waals surface area contributed by atoms with Gasteiger partial charge in [-0.2, -0.15) is 0 Å². The van der Waals surface area contributed by atoms with Gasteiger partial charge in [0.2, 0.25) is 0 Å². The summed E-state index contributed by atoms with van der Waals surface area (Å²) >= 11 is 0. The molecule has 7 heteroatoms. The van der Waals surface area contributed by atoms with Crippen molar-refractivity contribution in [1.82, 2.24) is 10.2 Å². The van der Waals surface area contributed by atoms with E-state index in [9.17, 15) is 10.2 Å². The Morgan fingerprint density at radius 1 is 0.972 bits per heavy atom. The van der Waals surface area contributed by atoms with Crippen LogP contribution in [0.15, 0.2) is 24.3 Å². The number of nitrogens with zero attached hydrogens (tertiary/aromatic N) is 1. The number of nitrogens with one attached hydrogen (secondary N) is 1. The average molecular weight is 582 g/mol. The molecule has 2 aliphatic carbocycles. The highest BCUT2D eigenvalue weighted by atomic mass is 79.9. The Morgan fingerprint density at radius 3 is 2.44 bits per heavy atom. The number of benzene rings is 2. The molecule has 2 saturated heterocycles. The molecule has 0 bridgehead atoms. The van der Waals surface area contributed by atoms with Gasteiger partial charge in [0.05, 0.1) is 7.11 Å². The van der Waals surface area contributed by atoms with Gasteiger partial charge in [-0.05, 0) is 99.8 Å². The number of likely N-dealkylation sites (tertiary alicyclic amines) is 1. The van der Waals surface area contributed by atoms with Crippen molar-refractivity contribution in [3.05, 3.63) is 52.1 Å². The van der Waals surface area contributed by atoms with E-state index in [-0.39, 0.29) is 40.9 Å². The van der Waals surface area contributed by atoms with Crippen molar-refractivity contribution in [2.24, 2.45) is 0 Å². The summed E-state index contributed by atoms with van der Waals surface area (Å²) in [6.45, 7) is 7.89. The van der Waals surface area contributed by atoms with Crippen molar-refractivity contribution in [3.63, 3.8) is 0 Å². The van der Waals surface area contributed by atoms with Crippen LogP contribution in [-0.4, -0.2) is 53.9 Å². The molecule has 2 fully saturated rings. The molecule has 36 heavy (non-hydrogen) atoms. The first-order chi connectivity index (χ1) is 16.5. The minimum Gasteiger partial charge on any atom is -0.504 e. The van der Waals surface area contributed by atoms with Gasteiger partial charge in [0.15, 0.2) is 11.5 Å². The number of hydrogen-bond donors (Lipinski definition) is 3. The number of phenols is 2. The molecule has 3 N–H and O–H groups in total. The van der Waals surface area contributed by atoms with Gasteiger partial charge >= 0.3 is 0 Å². The lowest BCUT2D eigenvalue weighted by molar-refractivity contribution is 0.226. The third kappa shape index (κ3) is 5.24. The van der Waals surface area contributed by atoms with Crippen LogP contribution in [0.4, 0.5) is 0 Å². The Balaban J connectivity index is 0.000000191. The van der Waals surface area contributed by atoms with Crippen molar-refractivity contribution in [1.29, 1.82) is 0 Å². The molecule has 5 nitrogen and oxygen atoms in total. The molecule has 4 atom stereocenters. The molecule has 2 aromatic rings. The summed E-state index contributed by atoms with van der Waals surface area (Å²) in [4.78, 5) is 2.59. The maximum atomic E-state index is 9.97. The number of halogens is 2. The molecular formula is C29H42BrClN2O3. The Morgan fingerprint density at radius 2 is 1.69 bits per heavy atom. The molecule has 0 saturated carbocycles. The fraction of sp³-hybridized carbons (Fsp3) is 0.586. The predicted octanol–water partition coefficient (Wildman–Crippen LogP) is 6.01. The van der Waals surface area contributed by atoms with E-state index in [0.29, 0.717) is 18.0 Å². The molecule has 0 spiro atoms. The van der Waals surface area contributed by atoms with Gasteiger partial charge in [-0.25, -0.2) is 0 Å². The summed E-state index contributed by atoms with van der Waals surface area (Å²) in [6.07, 6.45) is 8.08. The summed E-state index contributed by atoms with van der Waals surface area (Å²) < 4.78 is 5.57. The number of fused-ring (bicyclic) bond motifs is 6. The van der Waals surface area contributed by atoms with Crippen LogP contribution >= 0.6 is 29.4 Å². The van der Waals surface area contributed by atoms with Gasteiger partial charge in [0.25, 0.3) is 0 Å². The number of hydrogen-bond acceptors (Lipinski definition) is 5. The van der Waals surface area contributed by atoms with Gasteiger partial charge in [0, 0.05) is 29.5 Å². The van der Waals surface area contributed by atoms with Crippen LogP contribution < -0.4 is 10.1 Å². The Hall–Kier alpha value is -1.47. The fourth-order valence-corrected chi connectivity index (χ4v) is 7.16. The first-order valence-corrected chi connectivity index (χ1v) is 13.2. The van der Waals surface area contributed by atoms with E-state index in [4.69, 9.17) is 4.74 Å². The highest BCUT2D eigenvalue weighted by Gasteiger charge is 2.39. The first-order valence-electron chi connectivity index (χ1n) is 13.2. The smallest absolute Gasteiger partial charge is 0.160 e. The highest BCUT2D eigenvalue weighted by molar-refractivity contribution is 8.93. The minimum atomic E-state index is 0. The number of phenolic OH excluding ortho intramolecular Hbond substituents is 2. The van der Waals surface area contributed by atoms with Crippen LogP contribution in [0.5, 0.6) is 17.2 Å². The van der Waals surface area contributed by atoms with Gasteiger partial charge in [-0.15, -0.1) is 29.4 Å². The predicted molar refractivity (Wildman–Crippen MR) is 154 cm³/mol. The van der Waals surface area contributed by atoms with Crippen LogP contribution in [0, 0.1) is 6.92 Å². The average Bonchev–Trinajstić information content (AvgIpc) is 3.49. The zero-order valence-electron chi connectivity index (χ0n) is 21.8. The number of aromatic hydroxyl groups is 2. The van der Waals surface area contributed by atoms with Gasteiger partial charge < -0.3 is 20.3 Å². The summed E-state index contributed by atoms with van der Waals surface area (Å²) in [7, 11) is 1.79. The molecule has 200 valence electrons. The van der Waals surface area contributed by atoms with E-state index in [1.54, 1.807) is 13.2 Å². The van der Waals surface area contributed by atoms with Crippen LogP contribution in [0.3, 0.4) is 0 Å². The zero-order chi connectivity index (χ0) is 23.8. The van der Waals surface area contributed by atoms with Crippen molar-refractivity contribution in [3.8, 4) is 17.2 Å². The normalized spacial score (nSPS) is 25.6. The molecule has 2 aliphatic heterocycles. The van der Waals surface area contributed by atoms with Crippen molar-refractivity contribution < 1.29 is 14.9 Å². The van der Waals surface area contributed by atoms with Crippen LogP contribution in [0.1, 0.15) is 78.7 Å². The first kappa shape index (κ1) is 29.1. The second-order valence-corrected chi connectivity index (χ2v) is 10.5. The topological polar surface area (TPSA) is 65.0 Å². The van der Waals surface area contributed by atoms with E-state index < -0.39 is 0 Å². The third-order valence-electron chi connectivity index (χ3n) is 8.71. The second-order valence-electron chi connectivity index (χ2n) is 10.5. The molecule has 0 radical (unpaired) electrons. The van der Waals surface area contributed by atoms with Crippen molar-refractivity contribution in [2.75, 3.05) is 26.7 Å². The monoisotopic (exact) mass is 580 g/mol. The summed E-state index contributed by atoms with van der Waals surface area (Å²) in [5.41, 5.74) is 6.51. The van der Waals surface area contributed by atoms with E-state index >= 15 is 0 Å². The number of aryl methyl sites for hydroxylation is 1. The van der Waals surface area contributed by atoms with E-state index in [1.807, 2.05) is 6.07 Å². The van der Waals surface area contributed by atoms with Gasteiger partial charge in [-0.1, -0.05) is 25.1 Å². The Labute approximate surface area is 232 Å².